The first-order valence-corrected chi connectivity index (χ1v) is 13.3. The SMILES string of the molecule is COC(=O)c1cc2sc(-c3ccc(-c4nc5sc(C(=O)OC)cc5s4)c4nsnc34)nc2s1. The smallest absolute Gasteiger partial charge is 0.348 e. The van der Waals surface area contributed by atoms with Crippen molar-refractivity contribution in [2.75, 3.05) is 14.2 Å². The highest BCUT2D eigenvalue weighted by molar-refractivity contribution is 7.30. The highest BCUT2D eigenvalue weighted by Gasteiger charge is 2.21. The summed E-state index contributed by atoms with van der Waals surface area (Å²) in [7, 11) is 2.74. The molecule has 0 saturated carbocycles. The molecule has 0 aliphatic rings. The van der Waals surface area contributed by atoms with E-state index in [1.54, 1.807) is 0 Å². The summed E-state index contributed by atoms with van der Waals surface area (Å²) >= 11 is 6.78. The number of methoxy groups -OCH3 is 2. The Bertz CT molecular complexity index is 1520. The minimum absolute atomic E-state index is 0.357. The van der Waals surface area contributed by atoms with Crippen molar-refractivity contribution in [1.82, 2.24) is 18.7 Å². The lowest BCUT2D eigenvalue weighted by molar-refractivity contribution is 0.0597. The molecule has 0 saturated heterocycles. The maximum Gasteiger partial charge on any atom is 0.348 e. The van der Waals surface area contributed by atoms with Gasteiger partial charge >= 0.3 is 11.9 Å². The van der Waals surface area contributed by atoms with Crippen molar-refractivity contribution in [3.63, 3.8) is 0 Å². The number of fused-ring (bicyclic) bond motifs is 3. The van der Waals surface area contributed by atoms with Crippen molar-refractivity contribution in [1.29, 1.82) is 0 Å². The summed E-state index contributed by atoms with van der Waals surface area (Å²) in [6.07, 6.45) is 0. The van der Waals surface area contributed by atoms with E-state index in [1.165, 1.54) is 59.6 Å². The van der Waals surface area contributed by atoms with Crippen LogP contribution in [0.25, 0.3) is 51.2 Å². The summed E-state index contributed by atoms with van der Waals surface area (Å²) in [5.74, 6) is -0.714. The van der Waals surface area contributed by atoms with Crippen LogP contribution in [0.1, 0.15) is 19.3 Å². The van der Waals surface area contributed by atoms with Crippen LogP contribution in [-0.2, 0) is 9.47 Å². The molecule has 0 spiro atoms. The first-order valence-electron chi connectivity index (χ1n) is 9.29. The van der Waals surface area contributed by atoms with E-state index in [4.69, 9.17) is 19.4 Å². The molecule has 0 unspecified atom stereocenters. The maximum absolute atomic E-state index is 11.8. The van der Waals surface area contributed by atoms with Crippen molar-refractivity contribution in [2.24, 2.45) is 0 Å². The molecule has 0 radical (unpaired) electrons. The lowest BCUT2D eigenvalue weighted by atomic mass is 10.1. The van der Waals surface area contributed by atoms with Crippen LogP contribution in [0.3, 0.4) is 0 Å². The molecule has 0 amide bonds. The molecule has 6 aromatic rings. The summed E-state index contributed by atoms with van der Waals surface area (Å²) in [4.78, 5) is 35.7. The van der Waals surface area contributed by atoms with Gasteiger partial charge in [0, 0.05) is 11.1 Å². The molecule has 5 aromatic heterocycles. The summed E-state index contributed by atoms with van der Waals surface area (Å²) in [5, 5.41) is 1.64. The molecule has 0 aliphatic heterocycles. The monoisotopic (exact) mass is 530 g/mol. The van der Waals surface area contributed by atoms with E-state index in [2.05, 4.69) is 8.75 Å². The van der Waals surface area contributed by atoms with Gasteiger partial charge in [-0.3, -0.25) is 0 Å². The fourth-order valence-electron chi connectivity index (χ4n) is 3.31. The standard InChI is InChI=1S/C20H10N4O4S5/c1-27-19(25)11-5-9-17(31-11)21-15(29-9)7-3-4-8(14-13(7)23-33-24-14)16-22-18-10(30-16)6-12(32-18)20(26)28-2/h3-6H,1-2H3. The largest absolute Gasteiger partial charge is 0.465 e. The van der Waals surface area contributed by atoms with E-state index in [9.17, 15) is 9.59 Å². The number of aromatic nitrogens is 4. The average molecular weight is 531 g/mol. The third-order valence-corrected chi connectivity index (χ3v) is 9.70. The van der Waals surface area contributed by atoms with Crippen molar-refractivity contribution < 1.29 is 19.1 Å². The van der Waals surface area contributed by atoms with Gasteiger partial charge in [-0.25, -0.2) is 19.6 Å². The van der Waals surface area contributed by atoms with Gasteiger partial charge < -0.3 is 9.47 Å². The summed E-state index contributed by atoms with van der Waals surface area (Å²) in [6.45, 7) is 0. The Morgan fingerprint density at radius 1 is 0.727 bits per heavy atom. The number of benzene rings is 1. The maximum atomic E-state index is 11.8. The second-order valence-corrected chi connectivity index (χ2v) is 11.4. The Balaban J connectivity index is 1.41. The topological polar surface area (TPSA) is 104 Å². The van der Waals surface area contributed by atoms with Gasteiger partial charge in [0.1, 0.15) is 40.5 Å². The zero-order valence-electron chi connectivity index (χ0n) is 16.8. The second-order valence-electron chi connectivity index (χ2n) is 6.70. The minimum Gasteiger partial charge on any atom is -0.465 e. The first kappa shape index (κ1) is 20.7. The number of nitrogens with zero attached hydrogens (tertiary/aromatic N) is 4. The zero-order valence-corrected chi connectivity index (χ0v) is 20.9. The molecule has 13 heteroatoms. The molecule has 0 fully saturated rings. The van der Waals surface area contributed by atoms with Crippen LogP contribution in [0.4, 0.5) is 0 Å². The average Bonchev–Trinajstić information content (AvgIpc) is 3.61. The zero-order chi connectivity index (χ0) is 22.7. The number of carbonyl (C=O) groups is 2. The first-order chi connectivity index (χ1) is 16.1. The van der Waals surface area contributed by atoms with Gasteiger partial charge in [0.15, 0.2) is 0 Å². The summed E-state index contributed by atoms with van der Waals surface area (Å²) < 4.78 is 20.5. The molecular weight excluding hydrogens is 521 g/mol. The number of ether oxygens (including phenoxy) is 2. The van der Waals surface area contributed by atoms with Gasteiger partial charge in [0.05, 0.1) is 35.3 Å². The molecular formula is C20H10N4O4S5. The van der Waals surface area contributed by atoms with Crippen LogP contribution in [0, 0.1) is 0 Å². The van der Waals surface area contributed by atoms with Crippen molar-refractivity contribution >= 4 is 99.1 Å². The number of hydrogen-bond acceptors (Lipinski definition) is 13. The Hall–Kier alpha value is -2.84. The van der Waals surface area contributed by atoms with Crippen LogP contribution < -0.4 is 0 Å². The predicted octanol–water partition coefficient (Wildman–Crippen LogP) is 5.94. The normalized spacial score (nSPS) is 11.6. The molecule has 33 heavy (non-hydrogen) atoms. The van der Waals surface area contributed by atoms with Gasteiger partial charge in [0.2, 0.25) is 0 Å². The van der Waals surface area contributed by atoms with Gasteiger partial charge in [-0.2, -0.15) is 8.75 Å². The highest BCUT2D eigenvalue weighted by atomic mass is 32.1. The number of carbonyl (C=O) groups excluding carboxylic acids is 2. The number of thiazole rings is 2. The van der Waals surface area contributed by atoms with E-state index < -0.39 is 0 Å². The van der Waals surface area contributed by atoms with Gasteiger partial charge in [-0.05, 0) is 24.3 Å². The molecule has 0 bridgehead atoms. The van der Waals surface area contributed by atoms with Crippen LogP contribution >= 0.6 is 57.1 Å². The van der Waals surface area contributed by atoms with Crippen molar-refractivity contribution in [3.8, 4) is 21.1 Å². The fourth-order valence-corrected chi connectivity index (χ4v) is 8.21. The Morgan fingerprint density at radius 2 is 1.18 bits per heavy atom. The lowest BCUT2D eigenvalue weighted by Crippen LogP contribution is -1.96. The quantitative estimate of drug-likeness (QED) is 0.258. The van der Waals surface area contributed by atoms with E-state index in [0.29, 0.717) is 9.75 Å². The van der Waals surface area contributed by atoms with Crippen molar-refractivity contribution in [2.45, 2.75) is 0 Å². The third kappa shape index (κ3) is 3.35. The Labute approximate surface area is 205 Å². The highest BCUT2D eigenvalue weighted by Crippen LogP contribution is 2.42. The van der Waals surface area contributed by atoms with Crippen LogP contribution in [-0.4, -0.2) is 44.9 Å². The molecule has 8 nitrogen and oxygen atoms in total. The van der Waals surface area contributed by atoms with Crippen molar-refractivity contribution in [3.05, 3.63) is 34.0 Å². The van der Waals surface area contributed by atoms with E-state index in [0.717, 1.165) is 63.0 Å². The van der Waals surface area contributed by atoms with Crippen LogP contribution in [0.2, 0.25) is 0 Å². The third-order valence-electron chi connectivity index (χ3n) is 4.83. The molecule has 1 aromatic carbocycles. The van der Waals surface area contributed by atoms with Crippen LogP contribution in [0.5, 0.6) is 0 Å². The van der Waals surface area contributed by atoms with E-state index >= 15 is 0 Å². The van der Waals surface area contributed by atoms with E-state index in [1.807, 2.05) is 24.3 Å². The molecule has 6 rings (SSSR count). The lowest BCUT2D eigenvalue weighted by Gasteiger charge is -2.02. The van der Waals surface area contributed by atoms with Gasteiger partial charge in [-0.1, -0.05) is 0 Å². The number of rotatable bonds is 4. The number of esters is 2. The Kier molecular flexibility index (Phi) is 4.96. The Morgan fingerprint density at radius 3 is 1.58 bits per heavy atom. The number of thiophene rings is 2. The number of hydrogen-bond donors (Lipinski definition) is 0. The second kappa shape index (κ2) is 7.88. The van der Waals surface area contributed by atoms with E-state index in [-0.39, 0.29) is 11.9 Å². The summed E-state index contributed by atoms with van der Waals surface area (Å²) in [6, 6.07) is 7.58. The minimum atomic E-state index is -0.357. The van der Waals surface area contributed by atoms with Gasteiger partial charge in [-0.15, -0.1) is 45.3 Å². The molecule has 0 atom stereocenters. The molecule has 164 valence electrons. The molecule has 5 heterocycles. The van der Waals surface area contributed by atoms with Gasteiger partial charge in [0.25, 0.3) is 0 Å². The van der Waals surface area contributed by atoms with Crippen LogP contribution in [0.15, 0.2) is 24.3 Å². The summed E-state index contributed by atoms with van der Waals surface area (Å²) in [5.41, 5.74) is 3.31. The predicted molar refractivity (Wildman–Crippen MR) is 133 cm³/mol. The molecule has 0 aliphatic carbocycles. The fraction of sp³-hybridized carbons (Fsp3) is 0.100. The molecule has 0 N–H and O–H groups in total.